The number of benzene rings is 1. The molecule has 0 fully saturated rings. The fraction of sp³-hybridized carbons (Fsp3) is 0.250. The maximum Gasteiger partial charge on any atom is 0.246 e. The molecule has 0 unspecified atom stereocenters. The van der Waals surface area contributed by atoms with Crippen LogP contribution in [0, 0.1) is 0 Å². The number of anilines is 2. The van der Waals surface area contributed by atoms with Crippen LogP contribution >= 0.6 is 11.6 Å². The number of carbonyl (C=O) groups excluding carboxylic acids is 1. The highest BCUT2D eigenvalue weighted by molar-refractivity contribution is 6.32. The van der Waals surface area contributed by atoms with Gasteiger partial charge in [-0.1, -0.05) is 11.6 Å². The van der Waals surface area contributed by atoms with Crippen LogP contribution in [-0.2, 0) is 11.3 Å². The molecule has 21 heavy (non-hydrogen) atoms. The number of hydrogen-bond donors (Lipinski definition) is 2. The first-order valence-corrected chi connectivity index (χ1v) is 6.27. The molecule has 2 rings (SSSR count). The van der Waals surface area contributed by atoms with Gasteiger partial charge < -0.3 is 20.5 Å². The van der Waals surface area contributed by atoms with Crippen molar-refractivity contribution in [2.24, 2.45) is 0 Å². The van der Waals surface area contributed by atoms with Gasteiger partial charge in [0.2, 0.25) is 11.9 Å². The van der Waals surface area contributed by atoms with Crippen molar-refractivity contribution < 1.29 is 14.3 Å². The Hall–Kier alpha value is -2.48. The molecule has 0 saturated heterocycles. The highest BCUT2D eigenvalue weighted by Gasteiger charge is 2.13. The number of amides is 1. The Morgan fingerprint density at radius 1 is 1.38 bits per heavy atom. The summed E-state index contributed by atoms with van der Waals surface area (Å²) < 4.78 is 11.6. The van der Waals surface area contributed by atoms with Gasteiger partial charge in [0.1, 0.15) is 24.4 Å². The van der Waals surface area contributed by atoms with Gasteiger partial charge in [-0.05, 0) is 0 Å². The Balaban J connectivity index is 2.16. The van der Waals surface area contributed by atoms with Gasteiger partial charge in [0.05, 0.1) is 24.9 Å². The second kappa shape index (κ2) is 6.31. The van der Waals surface area contributed by atoms with Crippen LogP contribution in [0.2, 0.25) is 5.02 Å². The highest BCUT2D eigenvalue weighted by atomic mass is 35.5. The van der Waals surface area contributed by atoms with Crippen LogP contribution in [0.25, 0.3) is 0 Å². The number of nitrogens with two attached hydrogens (primary N) is 1. The van der Waals surface area contributed by atoms with E-state index in [1.165, 1.54) is 25.2 Å². The maximum absolute atomic E-state index is 12.0. The largest absolute Gasteiger partial charge is 0.495 e. The molecule has 2 aromatic rings. The van der Waals surface area contributed by atoms with Gasteiger partial charge in [-0.2, -0.15) is 0 Å². The SMILES string of the molecule is COc1cc(NC(=O)Cn2cnc(N)n2)c(OC)cc1Cl. The average molecular weight is 312 g/mol. The van der Waals surface area contributed by atoms with Gasteiger partial charge in [-0.25, -0.2) is 9.67 Å². The fourth-order valence-electron chi connectivity index (χ4n) is 1.68. The Labute approximate surface area is 125 Å². The molecule has 8 nitrogen and oxygen atoms in total. The van der Waals surface area contributed by atoms with E-state index < -0.39 is 0 Å². The molecule has 1 amide bonds. The Bertz CT molecular complexity index is 658. The third-order valence-corrected chi connectivity index (χ3v) is 2.90. The number of nitrogens with zero attached hydrogens (tertiary/aromatic N) is 3. The van der Waals surface area contributed by atoms with Crippen LogP contribution in [0.15, 0.2) is 18.5 Å². The molecule has 0 aliphatic rings. The lowest BCUT2D eigenvalue weighted by Gasteiger charge is -2.13. The minimum atomic E-state index is -0.317. The van der Waals surface area contributed by atoms with E-state index in [1.807, 2.05) is 0 Å². The standard InChI is InChI=1S/C12H14ClN5O3/c1-20-9-4-8(10(21-2)3-7(9)13)16-11(19)5-18-6-15-12(14)17-18/h3-4,6H,5H2,1-2H3,(H2,14,17)(H,16,19). The molecule has 0 aliphatic heterocycles. The van der Waals surface area contributed by atoms with E-state index in [9.17, 15) is 4.79 Å². The van der Waals surface area contributed by atoms with Gasteiger partial charge in [-0.15, -0.1) is 5.10 Å². The number of methoxy groups -OCH3 is 2. The van der Waals surface area contributed by atoms with Crippen LogP contribution in [0.3, 0.4) is 0 Å². The first-order valence-electron chi connectivity index (χ1n) is 5.89. The van der Waals surface area contributed by atoms with Crippen molar-refractivity contribution in [2.45, 2.75) is 6.54 Å². The van der Waals surface area contributed by atoms with E-state index in [-0.39, 0.29) is 18.4 Å². The number of ether oxygens (including phenoxy) is 2. The molecule has 0 radical (unpaired) electrons. The van der Waals surface area contributed by atoms with Crippen LogP contribution < -0.4 is 20.5 Å². The van der Waals surface area contributed by atoms with E-state index in [0.29, 0.717) is 22.2 Å². The number of halogens is 1. The Morgan fingerprint density at radius 2 is 2.10 bits per heavy atom. The monoisotopic (exact) mass is 311 g/mol. The lowest BCUT2D eigenvalue weighted by Crippen LogP contribution is -2.19. The molecular weight excluding hydrogens is 298 g/mol. The lowest BCUT2D eigenvalue weighted by molar-refractivity contribution is -0.116. The highest BCUT2D eigenvalue weighted by Crippen LogP contribution is 2.35. The first-order chi connectivity index (χ1) is 10.0. The number of rotatable bonds is 5. The van der Waals surface area contributed by atoms with Gasteiger partial charge in [0, 0.05) is 12.1 Å². The zero-order chi connectivity index (χ0) is 15.4. The van der Waals surface area contributed by atoms with Crippen molar-refractivity contribution in [3.8, 4) is 11.5 Å². The third-order valence-electron chi connectivity index (χ3n) is 2.61. The lowest BCUT2D eigenvalue weighted by atomic mass is 10.2. The van der Waals surface area contributed by atoms with E-state index in [1.54, 1.807) is 12.1 Å². The summed E-state index contributed by atoms with van der Waals surface area (Å²) in [4.78, 5) is 15.7. The van der Waals surface area contributed by atoms with Gasteiger partial charge in [-0.3, -0.25) is 4.79 Å². The van der Waals surface area contributed by atoms with Crippen molar-refractivity contribution in [3.05, 3.63) is 23.5 Å². The fourth-order valence-corrected chi connectivity index (χ4v) is 1.91. The second-order valence-corrected chi connectivity index (χ2v) is 4.44. The molecular formula is C12H14ClN5O3. The second-order valence-electron chi connectivity index (χ2n) is 4.04. The molecule has 0 spiro atoms. The molecule has 112 valence electrons. The van der Waals surface area contributed by atoms with Gasteiger partial charge in [0.15, 0.2) is 0 Å². The summed E-state index contributed by atoms with van der Waals surface area (Å²) in [7, 11) is 2.96. The van der Waals surface area contributed by atoms with E-state index >= 15 is 0 Å². The molecule has 3 N–H and O–H groups in total. The molecule has 9 heteroatoms. The molecule has 0 atom stereocenters. The minimum absolute atomic E-state index is 0.0295. The smallest absolute Gasteiger partial charge is 0.246 e. The molecule has 0 saturated carbocycles. The molecule has 1 aromatic heterocycles. The summed E-state index contributed by atoms with van der Waals surface area (Å²) >= 11 is 6.00. The van der Waals surface area contributed by atoms with Gasteiger partial charge >= 0.3 is 0 Å². The Morgan fingerprint density at radius 3 is 2.67 bits per heavy atom. The average Bonchev–Trinajstić information content (AvgIpc) is 2.85. The van der Waals surface area contributed by atoms with Crippen LogP contribution in [0.4, 0.5) is 11.6 Å². The zero-order valence-electron chi connectivity index (χ0n) is 11.5. The van der Waals surface area contributed by atoms with Crippen molar-refractivity contribution in [1.82, 2.24) is 14.8 Å². The topological polar surface area (TPSA) is 104 Å². The van der Waals surface area contributed by atoms with Crippen molar-refractivity contribution >= 4 is 29.1 Å². The van der Waals surface area contributed by atoms with Crippen LogP contribution in [-0.4, -0.2) is 34.9 Å². The normalized spacial score (nSPS) is 10.2. The predicted octanol–water partition coefficient (Wildman–Crippen LogP) is 1.17. The number of nitrogens with one attached hydrogen (secondary N) is 1. The predicted molar refractivity (Wildman–Crippen MR) is 77.6 cm³/mol. The van der Waals surface area contributed by atoms with Crippen molar-refractivity contribution in [2.75, 3.05) is 25.3 Å². The quantitative estimate of drug-likeness (QED) is 0.859. The summed E-state index contributed by atoms with van der Waals surface area (Å²) in [5.74, 6) is 0.640. The van der Waals surface area contributed by atoms with E-state index in [2.05, 4.69) is 15.4 Å². The number of nitrogen functional groups attached to an aromatic ring is 1. The van der Waals surface area contributed by atoms with Gasteiger partial charge in [0.25, 0.3) is 0 Å². The number of hydrogen-bond acceptors (Lipinski definition) is 6. The Kier molecular flexibility index (Phi) is 4.49. The summed E-state index contributed by atoms with van der Waals surface area (Å²) in [6, 6.07) is 3.14. The number of carbonyl (C=O) groups is 1. The van der Waals surface area contributed by atoms with E-state index in [0.717, 1.165) is 0 Å². The molecule has 1 heterocycles. The summed E-state index contributed by atoms with van der Waals surface area (Å²) in [5, 5.41) is 6.90. The summed E-state index contributed by atoms with van der Waals surface area (Å²) in [6.45, 7) is -0.0295. The summed E-state index contributed by atoms with van der Waals surface area (Å²) in [5.41, 5.74) is 5.82. The molecule has 0 aliphatic carbocycles. The summed E-state index contributed by atoms with van der Waals surface area (Å²) in [6.07, 6.45) is 1.37. The van der Waals surface area contributed by atoms with Crippen molar-refractivity contribution in [3.63, 3.8) is 0 Å². The van der Waals surface area contributed by atoms with Crippen LogP contribution in [0.1, 0.15) is 0 Å². The first kappa shape index (κ1) is 14.9. The molecule has 1 aromatic carbocycles. The maximum atomic E-state index is 12.0. The van der Waals surface area contributed by atoms with E-state index in [4.69, 9.17) is 26.8 Å². The molecule has 0 bridgehead atoms. The number of aromatic nitrogens is 3. The van der Waals surface area contributed by atoms with Crippen LogP contribution in [0.5, 0.6) is 11.5 Å². The zero-order valence-corrected chi connectivity index (χ0v) is 12.2. The minimum Gasteiger partial charge on any atom is -0.495 e. The van der Waals surface area contributed by atoms with Crippen molar-refractivity contribution in [1.29, 1.82) is 0 Å². The third kappa shape index (κ3) is 3.54.